The van der Waals surface area contributed by atoms with Gasteiger partial charge in [-0.1, -0.05) is 36.4 Å². The van der Waals surface area contributed by atoms with Gasteiger partial charge in [0.2, 0.25) is 0 Å². The first-order valence-electron chi connectivity index (χ1n) is 11.1. The Labute approximate surface area is 197 Å². The number of nitrogens with zero attached hydrogens (tertiary/aromatic N) is 4. The summed E-state index contributed by atoms with van der Waals surface area (Å²) in [5.74, 6) is -2.49. The quantitative estimate of drug-likeness (QED) is 0.329. The van der Waals surface area contributed by atoms with Gasteiger partial charge in [-0.05, 0) is 52.2 Å². The van der Waals surface area contributed by atoms with Crippen molar-refractivity contribution >= 4 is 17.4 Å². The molecule has 1 N–H and O–H groups in total. The maximum atomic E-state index is 14.9. The van der Waals surface area contributed by atoms with Crippen LogP contribution in [0.4, 0.5) is 4.39 Å². The molecule has 2 aromatic carbocycles. The smallest absolute Gasteiger partial charge is 0.295 e. The number of hydrogen-bond donors (Lipinski definition) is 1. The maximum absolute atomic E-state index is 14.9. The van der Waals surface area contributed by atoms with Gasteiger partial charge >= 0.3 is 0 Å². The highest BCUT2D eigenvalue weighted by Gasteiger charge is 2.47. The van der Waals surface area contributed by atoms with E-state index in [1.165, 1.54) is 17.2 Å². The van der Waals surface area contributed by atoms with E-state index >= 15 is 0 Å². The third-order valence-corrected chi connectivity index (χ3v) is 6.01. The van der Waals surface area contributed by atoms with Crippen molar-refractivity contribution in [3.05, 3.63) is 89.0 Å². The SMILES string of the molecule is Cc1c(/C(O)=C2\C(=O)C(=O)N(CCCN(C)C)[C@@H]2c2ccccc2F)cnn1-c1ccccc1. The molecule has 34 heavy (non-hydrogen) atoms. The minimum atomic E-state index is -1.03. The lowest BCUT2D eigenvalue weighted by Crippen LogP contribution is -2.32. The lowest BCUT2D eigenvalue weighted by atomic mass is 9.95. The zero-order valence-electron chi connectivity index (χ0n) is 19.4. The number of Topliss-reactive ketones (excluding diaryl/α,β-unsaturated/α-hetero) is 1. The van der Waals surface area contributed by atoms with Crippen LogP contribution in [0, 0.1) is 12.7 Å². The van der Waals surface area contributed by atoms with Crippen LogP contribution in [0.1, 0.15) is 29.3 Å². The Bertz CT molecular complexity index is 1250. The highest BCUT2D eigenvalue weighted by Crippen LogP contribution is 2.40. The molecule has 1 aromatic heterocycles. The molecule has 7 nitrogen and oxygen atoms in total. The number of aliphatic hydroxyl groups excluding tert-OH is 1. The van der Waals surface area contributed by atoms with Crippen LogP contribution in [0.15, 0.2) is 66.4 Å². The molecule has 2 heterocycles. The van der Waals surface area contributed by atoms with Crippen LogP contribution in [0.2, 0.25) is 0 Å². The summed E-state index contributed by atoms with van der Waals surface area (Å²) in [6.45, 7) is 2.71. The molecule has 1 amide bonds. The van der Waals surface area contributed by atoms with Crippen molar-refractivity contribution in [3.63, 3.8) is 0 Å². The average Bonchev–Trinajstić information content (AvgIpc) is 3.32. The van der Waals surface area contributed by atoms with Crippen molar-refractivity contribution in [2.75, 3.05) is 27.2 Å². The standard InChI is InChI=1S/C26H27FN4O3/c1-17-20(16-28-31(17)18-10-5-4-6-11-18)24(32)22-23(19-12-7-8-13-21(19)27)30(26(34)25(22)33)15-9-14-29(2)3/h4-8,10-13,16,23,32H,9,14-15H2,1-3H3/b24-22+/t23-/m1/s1. The molecular formula is C26H27FN4O3. The van der Waals surface area contributed by atoms with Gasteiger partial charge in [-0.25, -0.2) is 9.07 Å². The van der Waals surface area contributed by atoms with E-state index in [-0.39, 0.29) is 23.4 Å². The van der Waals surface area contributed by atoms with Crippen LogP contribution in [0.3, 0.4) is 0 Å². The van der Waals surface area contributed by atoms with E-state index in [0.717, 1.165) is 5.69 Å². The summed E-state index contributed by atoms with van der Waals surface area (Å²) < 4.78 is 16.5. The summed E-state index contributed by atoms with van der Waals surface area (Å²) in [6, 6.07) is 14.4. The normalized spacial score (nSPS) is 17.7. The number of aromatic nitrogens is 2. The van der Waals surface area contributed by atoms with Crippen molar-refractivity contribution < 1.29 is 19.1 Å². The van der Waals surface area contributed by atoms with Gasteiger partial charge in [-0.15, -0.1) is 0 Å². The van der Waals surface area contributed by atoms with Gasteiger partial charge in [0.05, 0.1) is 34.8 Å². The fourth-order valence-corrected chi connectivity index (χ4v) is 4.30. The first-order chi connectivity index (χ1) is 16.3. The highest BCUT2D eigenvalue weighted by molar-refractivity contribution is 6.46. The Morgan fingerprint density at radius 1 is 1.09 bits per heavy atom. The van der Waals surface area contributed by atoms with Gasteiger partial charge in [0, 0.05) is 12.1 Å². The molecule has 0 bridgehead atoms. The first-order valence-corrected chi connectivity index (χ1v) is 11.1. The number of halogens is 1. The molecule has 1 aliphatic heterocycles. The number of carbonyl (C=O) groups excluding carboxylic acids is 2. The number of likely N-dealkylation sites (tertiary alicyclic amines) is 1. The number of aliphatic hydroxyl groups is 1. The number of rotatable bonds is 7. The van der Waals surface area contributed by atoms with Crippen LogP contribution in [0.5, 0.6) is 0 Å². The molecule has 176 valence electrons. The van der Waals surface area contributed by atoms with Gasteiger partial charge in [0.15, 0.2) is 0 Å². The fraction of sp³-hybridized carbons (Fsp3) is 0.269. The number of para-hydroxylation sites is 1. The van der Waals surface area contributed by atoms with Crippen LogP contribution in [-0.2, 0) is 9.59 Å². The topological polar surface area (TPSA) is 78.7 Å². The lowest BCUT2D eigenvalue weighted by Gasteiger charge is -2.26. The Kier molecular flexibility index (Phi) is 6.61. The molecule has 0 radical (unpaired) electrons. The van der Waals surface area contributed by atoms with E-state index in [9.17, 15) is 19.1 Å². The second kappa shape index (κ2) is 9.61. The zero-order chi connectivity index (χ0) is 24.4. The highest BCUT2D eigenvalue weighted by atomic mass is 19.1. The van der Waals surface area contributed by atoms with Gasteiger partial charge in [0.1, 0.15) is 11.6 Å². The van der Waals surface area contributed by atoms with E-state index in [1.54, 1.807) is 29.8 Å². The van der Waals surface area contributed by atoms with Gasteiger partial charge in [-0.2, -0.15) is 5.10 Å². The second-order valence-electron chi connectivity index (χ2n) is 8.56. The van der Waals surface area contributed by atoms with Crippen molar-refractivity contribution in [1.82, 2.24) is 19.6 Å². The predicted octanol–water partition coefficient (Wildman–Crippen LogP) is 3.69. The first kappa shape index (κ1) is 23.4. The number of benzene rings is 2. The van der Waals surface area contributed by atoms with Crippen LogP contribution in [0.25, 0.3) is 11.4 Å². The van der Waals surface area contributed by atoms with Gasteiger partial charge in [-0.3, -0.25) is 9.59 Å². The van der Waals surface area contributed by atoms with Crippen molar-refractivity contribution in [3.8, 4) is 5.69 Å². The molecule has 4 rings (SSSR count). The zero-order valence-corrected chi connectivity index (χ0v) is 19.4. The van der Waals surface area contributed by atoms with Crippen LogP contribution in [-0.4, -0.2) is 63.6 Å². The molecule has 1 atom stereocenters. The molecule has 1 fully saturated rings. The molecule has 0 saturated carbocycles. The minimum absolute atomic E-state index is 0.129. The minimum Gasteiger partial charge on any atom is -0.507 e. The Morgan fingerprint density at radius 2 is 1.76 bits per heavy atom. The molecular weight excluding hydrogens is 435 g/mol. The predicted molar refractivity (Wildman–Crippen MR) is 127 cm³/mol. The van der Waals surface area contributed by atoms with Gasteiger partial charge < -0.3 is 14.9 Å². The molecule has 1 saturated heterocycles. The number of ketones is 1. The lowest BCUT2D eigenvalue weighted by molar-refractivity contribution is -0.140. The maximum Gasteiger partial charge on any atom is 0.295 e. The van der Waals surface area contributed by atoms with E-state index in [4.69, 9.17) is 0 Å². The Morgan fingerprint density at radius 3 is 2.44 bits per heavy atom. The van der Waals surface area contributed by atoms with E-state index in [2.05, 4.69) is 5.10 Å². The molecule has 1 aliphatic rings. The average molecular weight is 463 g/mol. The summed E-state index contributed by atoms with van der Waals surface area (Å²) in [7, 11) is 3.82. The van der Waals surface area contributed by atoms with Crippen molar-refractivity contribution in [2.45, 2.75) is 19.4 Å². The van der Waals surface area contributed by atoms with Crippen molar-refractivity contribution in [1.29, 1.82) is 0 Å². The summed E-state index contributed by atoms with van der Waals surface area (Å²) in [5, 5.41) is 15.7. The summed E-state index contributed by atoms with van der Waals surface area (Å²) in [4.78, 5) is 29.5. The van der Waals surface area contributed by atoms with Gasteiger partial charge in [0.25, 0.3) is 11.7 Å². The van der Waals surface area contributed by atoms with E-state index < -0.39 is 23.5 Å². The fourth-order valence-electron chi connectivity index (χ4n) is 4.30. The third-order valence-electron chi connectivity index (χ3n) is 6.01. The third kappa shape index (κ3) is 4.24. The molecule has 0 spiro atoms. The number of hydrogen-bond acceptors (Lipinski definition) is 5. The summed E-state index contributed by atoms with van der Waals surface area (Å²) in [6.07, 6.45) is 2.05. The second-order valence-corrected chi connectivity index (χ2v) is 8.56. The summed E-state index contributed by atoms with van der Waals surface area (Å²) in [5.41, 5.74) is 1.73. The molecule has 0 unspecified atom stereocenters. The number of carbonyl (C=O) groups is 2. The molecule has 0 aliphatic carbocycles. The Hall–Kier alpha value is -3.78. The molecule has 8 heteroatoms. The summed E-state index contributed by atoms with van der Waals surface area (Å²) >= 11 is 0. The largest absolute Gasteiger partial charge is 0.507 e. The van der Waals surface area contributed by atoms with Crippen LogP contribution < -0.4 is 0 Å². The van der Waals surface area contributed by atoms with Crippen molar-refractivity contribution in [2.24, 2.45) is 0 Å². The monoisotopic (exact) mass is 462 g/mol. The number of amides is 1. The van der Waals surface area contributed by atoms with E-state index in [0.29, 0.717) is 24.2 Å². The van der Waals surface area contributed by atoms with Crippen LogP contribution >= 0.6 is 0 Å². The Balaban J connectivity index is 1.83. The molecule has 3 aromatic rings. The van der Waals surface area contributed by atoms with E-state index in [1.807, 2.05) is 49.3 Å².